The fraction of sp³-hybridized carbons (Fsp3) is 0.316. The van der Waals surface area contributed by atoms with E-state index in [0.717, 1.165) is 5.69 Å². The van der Waals surface area contributed by atoms with E-state index in [9.17, 15) is 4.79 Å². The summed E-state index contributed by atoms with van der Waals surface area (Å²) in [6.07, 6.45) is 1.54. The molecule has 2 aromatic rings. The van der Waals surface area contributed by atoms with Crippen LogP contribution in [0.5, 0.6) is 5.75 Å². The molecule has 1 aliphatic rings. The van der Waals surface area contributed by atoms with Crippen molar-refractivity contribution >= 4 is 35.4 Å². The van der Waals surface area contributed by atoms with Gasteiger partial charge in [-0.2, -0.15) is 4.40 Å². The number of pyridine rings is 1. The van der Waals surface area contributed by atoms with E-state index in [-0.39, 0.29) is 19.1 Å². The Kier molecular flexibility index (Phi) is 6.45. The van der Waals surface area contributed by atoms with E-state index in [1.807, 2.05) is 32.0 Å². The largest absolute Gasteiger partial charge is 0.490 e. The SMILES string of the molecule is CC(C)(COc1cccc2c1C(N)=NSN2)NC(=O)c1ccnc(NCCO)c1. The number of amidine groups is 1. The lowest BCUT2D eigenvalue weighted by atomic mass is 10.1. The molecule has 0 radical (unpaired) electrons. The van der Waals surface area contributed by atoms with Crippen LogP contribution in [-0.4, -0.2) is 47.1 Å². The maximum absolute atomic E-state index is 12.7. The molecule has 0 spiro atoms. The third kappa shape index (κ3) is 5.30. The van der Waals surface area contributed by atoms with Crippen LogP contribution >= 0.6 is 12.1 Å². The first-order valence-electron chi connectivity index (χ1n) is 9.04. The van der Waals surface area contributed by atoms with E-state index < -0.39 is 5.54 Å². The lowest BCUT2D eigenvalue weighted by Crippen LogP contribution is -2.48. The summed E-state index contributed by atoms with van der Waals surface area (Å²) in [7, 11) is 0. The predicted octanol–water partition coefficient (Wildman–Crippen LogP) is 1.77. The van der Waals surface area contributed by atoms with Gasteiger partial charge in [-0.05, 0) is 38.1 Å². The van der Waals surface area contributed by atoms with Crippen molar-refractivity contribution in [3.05, 3.63) is 47.7 Å². The molecule has 1 amide bonds. The number of anilines is 2. The highest BCUT2D eigenvalue weighted by Gasteiger charge is 2.24. The van der Waals surface area contributed by atoms with Gasteiger partial charge < -0.3 is 30.9 Å². The van der Waals surface area contributed by atoms with Gasteiger partial charge in [0.25, 0.3) is 5.91 Å². The highest BCUT2D eigenvalue weighted by Crippen LogP contribution is 2.32. The third-order valence-electron chi connectivity index (χ3n) is 4.06. The Morgan fingerprint density at radius 1 is 1.38 bits per heavy atom. The Hall–Kier alpha value is -2.98. The highest BCUT2D eigenvalue weighted by atomic mass is 32.2. The van der Waals surface area contributed by atoms with E-state index in [2.05, 4.69) is 24.7 Å². The van der Waals surface area contributed by atoms with E-state index in [1.165, 1.54) is 12.1 Å². The molecule has 6 N–H and O–H groups in total. The number of fused-ring (bicyclic) bond motifs is 1. The molecule has 1 aliphatic heterocycles. The van der Waals surface area contributed by atoms with Crippen molar-refractivity contribution in [2.75, 3.05) is 29.8 Å². The number of carbonyl (C=O) groups is 1. The Bertz CT molecular complexity index is 919. The second kappa shape index (κ2) is 9.01. The minimum absolute atomic E-state index is 0.0188. The predicted molar refractivity (Wildman–Crippen MR) is 115 cm³/mol. The summed E-state index contributed by atoms with van der Waals surface area (Å²) < 4.78 is 13.2. The van der Waals surface area contributed by atoms with Crippen LogP contribution in [-0.2, 0) is 0 Å². The van der Waals surface area contributed by atoms with Crippen LogP contribution in [0.15, 0.2) is 40.9 Å². The molecule has 0 bridgehead atoms. The van der Waals surface area contributed by atoms with E-state index in [0.29, 0.717) is 35.1 Å². The second-order valence-electron chi connectivity index (χ2n) is 7.06. The molecule has 1 aromatic carbocycles. The zero-order chi connectivity index (χ0) is 20.9. The van der Waals surface area contributed by atoms with Gasteiger partial charge >= 0.3 is 0 Å². The molecule has 2 heterocycles. The Morgan fingerprint density at radius 3 is 3.00 bits per heavy atom. The second-order valence-corrected chi connectivity index (χ2v) is 7.62. The first-order chi connectivity index (χ1) is 13.9. The van der Waals surface area contributed by atoms with Crippen LogP contribution in [0.3, 0.4) is 0 Å². The van der Waals surface area contributed by atoms with Crippen LogP contribution in [0, 0.1) is 0 Å². The molecule has 1 aromatic heterocycles. The molecular weight excluding hydrogens is 392 g/mol. The fourth-order valence-corrected chi connectivity index (χ4v) is 3.20. The first-order valence-corrected chi connectivity index (χ1v) is 9.82. The average Bonchev–Trinajstić information content (AvgIpc) is 2.71. The molecule has 0 unspecified atom stereocenters. The molecule has 3 rings (SSSR count). The maximum Gasteiger partial charge on any atom is 0.252 e. The summed E-state index contributed by atoms with van der Waals surface area (Å²) in [5.41, 5.74) is 7.36. The molecule has 0 saturated heterocycles. The summed E-state index contributed by atoms with van der Waals surface area (Å²) in [5.74, 6) is 1.26. The lowest BCUT2D eigenvalue weighted by Gasteiger charge is -2.27. The number of carbonyl (C=O) groups excluding carboxylic acids is 1. The molecule has 29 heavy (non-hydrogen) atoms. The summed E-state index contributed by atoms with van der Waals surface area (Å²) in [4.78, 5) is 16.8. The topological polar surface area (TPSA) is 134 Å². The van der Waals surface area contributed by atoms with Crippen molar-refractivity contribution in [2.24, 2.45) is 10.1 Å². The number of nitrogens with two attached hydrogens (primary N) is 1. The Labute approximate surface area is 173 Å². The smallest absolute Gasteiger partial charge is 0.252 e. The van der Waals surface area contributed by atoms with Gasteiger partial charge in [-0.3, -0.25) is 4.79 Å². The number of ether oxygens (including phenoxy) is 1. The van der Waals surface area contributed by atoms with Crippen molar-refractivity contribution in [1.29, 1.82) is 0 Å². The minimum atomic E-state index is -0.648. The summed E-state index contributed by atoms with van der Waals surface area (Å²) in [6, 6.07) is 8.85. The van der Waals surface area contributed by atoms with E-state index in [4.69, 9.17) is 15.6 Å². The number of rotatable bonds is 8. The van der Waals surface area contributed by atoms with Crippen molar-refractivity contribution in [2.45, 2.75) is 19.4 Å². The van der Waals surface area contributed by atoms with Crippen LogP contribution in [0.4, 0.5) is 11.5 Å². The Balaban J connectivity index is 1.65. The number of amides is 1. The van der Waals surface area contributed by atoms with E-state index in [1.54, 1.807) is 18.3 Å². The molecule has 0 atom stereocenters. The minimum Gasteiger partial charge on any atom is -0.490 e. The van der Waals surface area contributed by atoms with Gasteiger partial charge in [0.15, 0.2) is 0 Å². The van der Waals surface area contributed by atoms with Crippen molar-refractivity contribution in [3.8, 4) is 5.75 Å². The van der Waals surface area contributed by atoms with Crippen LogP contribution in [0.25, 0.3) is 0 Å². The van der Waals surface area contributed by atoms with Gasteiger partial charge in [-0.25, -0.2) is 4.98 Å². The highest BCUT2D eigenvalue weighted by molar-refractivity contribution is 7.99. The molecular formula is C19H24N6O3S. The van der Waals surface area contributed by atoms with Crippen molar-refractivity contribution < 1.29 is 14.6 Å². The number of aromatic nitrogens is 1. The molecule has 0 saturated carbocycles. The standard InChI is InChI=1S/C19H24N6O3S/c1-19(2,23-18(27)12-6-7-21-15(10-12)22-8-9-26)11-28-14-5-3-4-13-16(14)17(20)25-29-24-13/h3-7,10,24,26H,8-9,11H2,1-2H3,(H2,20,25)(H,21,22)(H,23,27). The van der Waals surface area contributed by atoms with E-state index >= 15 is 0 Å². The number of nitrogens with zero attached hydrogens (tertiary/aromatic N) is 2. The Morgan fingerprint density at radius 2 is 2.21 bits per heavy atom. The molecule has 154 valence electrons. The van der Waals surface area contributed by atoms with Gasteiger partial charge in [-0.1, -0.05) is 6.07 Å². The zero-order valence-electron chi connectivity index (χ0n) is 16.2. The van der Waals surface area contributed by atoms with Gasteiger partial charge in [0.05, 0.1) is 35.5 Å². The van der Waals surface area contributed by atoms with Gasteiger partial charge in [0.2, 0.25) is 0 Å². The average molecular weight is 417 g/mol. The summed E-state index contributed by atoms with van der Waals surface area (Å²) in [5, 5.41) is 14.8. The van der Waals surface area contributed by atoms with Crippen LogP contribution < -0.4 is 25.8 Å². The van der Waals surface area contributed by atoms with Gasteiger partial charge in [-0.15, -0.1) is 0 Å². The number of hydrogen-bond acceptors (Lipinski definition) is 9. The van der Waals surface area contributed by atoms with Crippen LogP contribution in [0.1, 0.15) is 29.8 Å². The lowest BCUT2D eigenvalue weighted by molar-refractivity contribution is 0.0880. The van der Waals surface area contributed by atoms with Crippen LogP contribution in [0.2, 0.25) is 0 Å². The molecule has 9 nitrogen and oxygen atoms in total. The number of nitrogens with one attached hydrogen (secondary N) is 3. The number of hydrogen-bond donors (Lipinski definition) is 5. The first kappa shape index (κ1) is 20.7. The number of aliphatic hydroxyl groups excluding tert-OH is 1. The van der Waals surface area contributed by atoms with Crippen molar-refractivity contribution in [1.82, 2.24) is 10.3 Å². The van der Waals surface area contributed by atoms with Gasteiger partial charge in [0, 0.05) is 18.3 Å². The summed E-state index contributed by atoms with van der Waals surface area (Å²) >= 11 is 1.17. The van der Waals surface area contributed by atoms with Crippen molar-refractivity contribution in [3.63, 3.8) is 0 Å². The van der Waals surface area contributed by atoms with Gasteiger partial charge in [0.1, 0.15) is 24.0 Å². The third-order valence-corrected chi connectivity index (χ3v) is 4.66. The maximum atomic E-state index is 12.7. The summed E-state index contributed by atoms with van der Waals surface area (Å²) in [6.45, 7) is 4.32. The normalized spacial score (nSPS) is 13.0. The number of benzene rings is 1. The molecule has 0 aliphatic carbocycles. The quantitative estimate of drug-likeness (QED) is 0.411. The molecule has 10 heteroatoms. The number of aliphatic hydroxyl groups is 1. The zero-order valence-corrected chi connectivity index (χ0v) is 17.0. The fourth-order valence-electron chi connectivity index (χ4n) is 2.69. The molecule has 0 fully saturated rings. The monoisotopic (exact) mass is 416 g/mol.